The second-order valence-electron chi connectivity index (χ2n) is 8.29. The minimum absolute atomic E-state index is 0.843. The molecular formula is C27H24N6S. The molecule has 4 heterocycles. The van der Waals surface area contributed by atoms with Crippen LogP contribution in [0.4, 0.5) is 5.82 Å². The fourth-order valence-corrected chi connectivity index (χ4v) is 4.96. The smallest absolute Gasteiger partial charge is 0.145 e. The molecule has 2 aromatic carbocycles. The molecular weight excluding hydrogens is 440 g/mol. The summed E-state index contributed by atoms with van der Waals surface area (Å²) in [6.07, 6.45) is 10.1. The Labute approximate surface area is 202 Å². The van der Waals surface area contributed by atoms with Crippen molar-refractivity contribution in [2.45, 2.75) is 19.4 Å². The number of benzene rings is 2. The minimum Gasteiger partial charge on any atom is -0.316 e. The van der Waals surface area contributed by atoms with E-state index in [-0.39, 0.29) is 0 Å². The maximum absolute atomic E-state index is 4.99. The Hall–Kier alpha value is -3.81. The topological polar surface area (TPSA) is 60.0 Å². The number of hydrogen-bond donors (Lipinski definition) is 1. The van der Waals surface area contributed by atoms with Gasteiger partial charge in [-0.1, -0.05) is 12.1 Å². The largest absolute Gasteiger partial charge is 0.316 e. The highest BCUT2D eigenvalue weighted by atomic mass is 32.1. The quantitative estimate of drug-likeness (QED) is 0.344. The molecule has 5 aromatic rings. The first kappa shape index (κ1) is 20.8. The fourth-order valence-electron chi connectivity index (χ4n) is 4.37. The van der Waals surface area contributed by atoms with Crippen molar-refractivity contribution in [3.05, 3.63) is 89.7 Å². The van der Waals surface area contributed by atoms with E-state index in [1.807, 2.05) is 24.8 Å². The molecule has 0 fully saturated rings. The number of aromatic nitrogens is 4. The van der Waals surface area contributed by atoms with Crippen LogP contribution in [0.25, 0.3) is 33.5 Å². The van der Waals surface area contributed by atoms with Crippen LogP contribution in [0.3, 0.4) is 0 Å². The molecule has 0 radical (unpaired) electrons. The van der Waals surface area contributed by atoms with Gasteiger partial charge in [0.25, 0.3) is 0 Å². The summed E-state index contributed by atoms with van der Waals surface area (Å²) >= 11 is 1.60. The molecule has 6 rings (SSSR count). The summed E-state index contributed by atoms with van der Waals surface area (Å²) in [5.74, 6) is 1.93. The van der Waals surface area contributed by atoms with Gasteiger partial charge in [-0.2, -0.15) is 0 Å². The highest BCUT2D eigenvalue weighted by molar-refractivity contribution is 7.13. The molecule has 168 valence electrons. The number of nitrogens with one attached hydrogen (secondary N) is 1. The van der Waals surface area contributed by atoms with Gasteiger partial charge in [-0.25, -0.2) is 15.0 Å². The number of thiazole rings is 1. The van der Waals surface area contributed by atoms with Crippen molar-refractivity contribution in [1.29, 1.82) is 0 Å². The number of imidazole rings is 1. The van der Waals surface area contributed by atoms with E-state index in [1.165, 1.54) is 11.1 Å². The number of fused-ring (bicyclic) bond motifs is 1. The van der Waals surface area contributed by atoms with Gasteiger partial charge in [0.15, 0.2) is 0 Å². The maximum Gasteiger partial charge on any atom is 0.145 e. The van der Waals surface area contributed by atoms with Gasteiger partial charge in [0.1, 0.15) is 22.3 Å². The van der Waals surface area contributed by atoms with Crippen molar-refractivity contribution in [2.24, 2.45) is 4.99 Å². The Morgan fingerprint density at radius 1 is 0.971 bits per heavy atom. The van der Waals surface area contributed by atoms with Gasteiger partial charge >= 0.3 is 0 Å². The van der Waals surface area contributed by atoms with Gasteiger partial charge in [0.05, 0.1) is 0 Å². The highest BCUT2D eigenvalue weighted by Gasteiger charge is 2.16. The van der Waals surface area contributed by atoms with Gasteiger partial charge in [0.2, 0.25) is 0 Å². The molecule has 1 aliphatic rings. The lowest BCUT2D eigenvalue weighted by atomic mass is 10.1. The zero-order chi connectivity index (χ0) is 22.9. The maximum atomic E-state index is 4.99. The first-order valence-electron chi connectivity index (χ1n) is 11.4. The Kier molecular flexibility index (Phi) is 5.41. The SMILES string of the molecule is CNCc1ccc(-n2cc(-c3nccs3)nc2-c2ccc(-n3ccc4c3N=CCC4)cc2)cc1. The molecule has 0 atom stereocenters. The van der Waals surface area contributed by atoms with Crippen LogP contribution >= 0.6 is 11.3 Å². The molecule has 0 spiro atoms. The molecule has 34 heavy (non-hydrogen) atoms. The minimum atomic E-state index is 0.843. The lowest BCUT2D eigenvalue weighted by molar-refractivity contribution is 0.817. The fraction of sp³-hybridized carbons (Fsp3) is 0.148. The normalized spacial score (nSPS) is 12.7. The van der Waals surface area contributed by atoms with Gasteiger partial charge in [0, 0.05) is 53.7 Å². The number of hydrogen-bond acceptors (Lipinski definition) is 5. The summed E-state index contributed by atoms with van der Waals surface area (Å²) < 4.78 is 4.31. The highest BCUT2D eigenvalue weighted by Crippen LogP contribution is 2.32. The van der Waals surface area contributed by atoms with E-state index in [0.717, 1.165) is 58.7 Å². The molecule has 0 aliphatic carbocycles. The van der Waals surface area contributed by atoms with Gasteiger partial charge in [-0.3, -0.25) is 4.57 Å². The average molecular weight is 465 g/mol. The predicted molar refractivity (Wildman–Crippen MR) is 139 cm³/mol. The van der Waals surface area contributed by atoms with E-state index < -0.39 is 0 Å². The number of aliphatic imine (C=N–C) groups is 1. The first-order chi connectivity index (χ1) is 16.8. The zero-order valence-electron chi connectivity index (χ0n) is 18.8. The van der Waals surface area contributed by atoms with E-state index >= 15 is 0 Å². The van der Waals surface area contributed by atoms with Crippen molar-refractivity contribution < 1.29 is 0 Å². The van der Waals surface area contributed by atoms with E-state index in [2.05, 4.69) is 91.4 Å². The Morgan fingerprint density at radius 3 is 2.53 bits per heavy atom. The molecule has 7 heteroatoms. The van der Waals surface area contributed by atoms with Crippen LogP contribution in [0.5, 0.6) is 0 Å². The van der Waals surface area contributed by atoms with E-state index in [9.17, 15) is 0 Å². The monoisotopic (exact) mass is 464 g/mol. The van der Waals surface area contributed by atoms with Gasteiger partial charge in [-0.15, -0.1) is 11.3 Å². The van der Waals surface area contributed by atoms with Crippen LogP contribution in [0.2, 0.25) is 0 Å². The van der Waals surface area contributed by atoms with Gasteiger partial charge in [-0.05, 0) is 73.5 Å². The molecule has 0 saturated carbocycles. The van der Waals surface area contributed by atoms with Crippen molar-refractivity contribution in [1.82, 2.24) is 24.4 Å². The van der Waals surface area contributed by atoms with Crippen molar-refractivity contribution in [2.75, 3.05) is 7.05 Å². The Morgan fingerprint density at radius 2 is 1.76 bits per heavy atom. The van der Waals surface area contributed by atoms with Crippen LogP contribution in [0.15, 0.2) is 83.6 Å². The number of aryl methyl sites for hydroxylation is 1. The van der Waals surface area contributed by atoms with Crippen LogP contribution in [0.1, 0.15) is 17.5 Å². The summed E-state index contributed by atoms with van der Waals surface area (Å²) in [5, 5.41) is 6.10. The van der Waals surface area contributed by atoms with Crippen LogP contribution in [0, 0.1) is 0 Å². The Bertz CT molecular complexity index is 1440. The van der Waals surface area contributed by atoms with Crippen LogP contribution < -0.4 is 5.32 Å². The molecule has 6 nitrogen and oxygen atoms in total. The summed E-state index contributed by atoms with van der Waals surface area (Å²) in [6, 6.07) is 19.3. The number of nitrogens with zero attached hydrogens (tertiary/aromatic N) is 5. The van der Waals surface area contributed by atoms with E-state index in [0.29, 0.717) is 0 Å². The third-order valence-electron chi connectivity index (χ3n) is 6.05. The summed E-state index contributed by atoms with van der Waals surface area (Å²) in [6.45, 7) is 0.843. The standard InChI is InChI=1S/C27H24N6S/c1-28-17-19-4-8-23(9-5-19)33-18-24(27-30-14-16-34-27)31-26(33)21-6-10-22(11-7-21)32-15-12-20-3-2-13-29-25(20)32/h4-16,18,28H,2-3,17H2,1H3. The zero-order valence-corrected chi connectivity index (χ0v) is 19.7. The third kappa shape index (κ3) is 3.79. The van der Waals surface area contributed by atoms with Crippen molar-refractivity contribution >= 4 is 23.4 Å². The van der Waals surface area contributed by atoms with Crippen molar-refractivity contribution in [3.8, 4) is 33.5 Å². The Balaban J connectivity index is 1.40. The summed E-state index contributed by atoms with van der Waals surface area (Å²) in [7, 11) is 1.96. The third-order valence-corrected chi connectivity index (χ3v) is 6.85. The molecule has 1 aliphatic heterocycles. The van der Waals surface area contributed by atoms with E-state index in [4.69, 9.17) is 4.98 Å². The second-order valence-corrected chi connectivity index (χ2v) is 9.18. The lowest BCUT2D eigenvalue weighted by Gasteiger charge is -2.12. The molecule has 0 saturated heterocycles. The number of rotatable bonds is 6. The second kappa shape index (κ2) is 8.85. The molecule has 0 unspecified atom stereocenters. The van der Waals surface area contributed by atoms with Gasteiger partial charge < -0.3 is 9.88 Å². The summed E-state index contributed by atoms with van der Waals surface area (Å²) in [4.78, 5) is 14.1. The molecule has 0 bridgehead atoms. The molecule has 3 aromatic heterocycles. The van der Waals surface area contributed by atoms with E-state index in [1.54, 1.807) is 11.3 Å². The lowest BCUT2D eigenvalue weighted by Crippen LogP contribution is -2.05. The first-order valence-corrected chi connectivity index (χ1v) is 12.2. The molecule has 1 N–H and O–H groups in total. The van der Waals surface area contributed by atoms with Crippen LogP contribution in [-0.4, -0.2) is 32.4 Å². The van der Waals surface area contributed by atoms with Crippen LogP contribution in [-0.2, 0) is 13.0 Å². The predicted octanol–water partition coefficient (Wildman–Crippen LogP) is 5.82. The van der Waals surface area contributed by atoms with Crippen molar-refractivity contribution in [3.63, 3.8) is 0 Å². The average Bonchev–Trinajstić information content (AvgIpc) is 3.64. The summed E-state index contributed by atoms with van der Waals surface area (Å²) in [5.41, 5.74) is 6.64. The molecule has 0 amide bonds.